The first-order chi connectivity index (χ1) is 16.2. The molecule has 0 unspecified atom stereocenters. The molecule has 0 saturated carbocycles. The molecular weight excluding hydrogens is 429 g/mol. The van der Waals surface area contributed by atoms with Crippen molar-refractivity contribution < 1.29 is 13.9 Å². The van der Waals surface area contributed by atoms with Crippen LogP contribution in [0.4, 0.5) is 14.9 Å². The van der Waals surface area contributed by atoms with E-state index in [0.717, 1.165) is 40.3 Å². The molecular formula is C28H34FN3O2. The first-order valence-electron chi connectivity index (χ1n) is 12.0. The number of anilines is 1. The highest BCUT2D eigenvalue weighted by Crippen LogP contribution is 2.37. The molecule has 0 spiro atoms. The fraction of sp³-hybridized carbons (Fsp3) is 0.393. The van der Waals surface area contributed by atoms with Crippen LogP contribution in [-0.4, -0.2) is 47.3 Å². The average molecular weight is 464 g/mol. The van der Waals surface area contributed by atoms with Gasteiger partial charge in [0.2, 0.25) is 0 Å². The minimum absolute atomic E-state index is 0.261. The molecule has 0 aliphatic carbocycles. The summed E-state index contributed by atoms with van der Waals surface area (Å²) in [5.74, 6) is -0.261. The lowest BCUT2D eigenvalue weighted by Crippen LogP contribution is -2.50. The maximum Gasteiger partial charge on any atom is 0.410 e. The average Bonchev–Trinajstić information content (AvgIpc) is 3.14. The second kappa shape index (κ2) is 9.53. The van der Waals surface area contributed by atoms with Crippen molar-refractivity contribution in [2.75, 3.05) is 31.1 Å². The minimum atomic E-state index is -0.519. The van der Waals surface area contributed by atoms with E-state index in [2.05, 4.69) is 47.6 Å². The van der Waals surface area contributed by atoms with Gasteiger partial charge in [0.25, 0.3) is 0 Å². The highest BCUT2D eigenvalue weighted by Gasteiger charge is 2.26. The van der Waals surface area contributed by atoms with Gasteiger partial charge in [-0.2, -0.15) is 0 Å². The molecule has 0 radical (unpaired) electrons. The smallest absolute Gasteiger partial charge is 0.410 e. The summed E-state index contributed by atoms with van der Waals surface area (Å²) in [7, 11) is 0. The third kappa shape index (κ3) is 5.11. The van der Waals surface area contributed by atoms with Gasteiger partial charge in [0.1, 0.15) is 11.4 Å². The summed E-state index contributed by atoms with van der Waals surface area (Å²) in [4.78, 5) is 16.3. The van der Waals surface area contributed by atoms with Gasteiger partial charge in [-0.3, -0.25) is 0 Å². The Hall–Kier alpha value is -3.28. The highest BCUT2D eigenvalue weighted by atomic mass is 19.1. The molecule has 0 N–H and O–H groups in total. The van der Waals surface area contributed by atoms with Gasteiger partial charge in [-0.15, -0.1) is 0 Å². The number of halogens is 1. The van der Waals surface area contributed by atoms with E-state index in [1.165, 1.54) is 0 Å². The number of rotatable bonds is 4. The molecule has 1 aliphatic rings. The third-order valence-corrected chi connectivity index (χ3v) is 6.16. The fourth-order valence-electron chi connectivity index (χ4n) is 4.60. The summed E-state index contributed by atoms with van der Waals surface area (Å²) >= 11 is 0. The summed E-state index contributed by atoms with van der Waals surface area (Å²) in [6.45, 7) is 13.0. The van der Waals surface area contributed by atoms with Gasteiger partial charge in [-0.1, -0.05) is 30.3 Å². The van der Waals surface area contributed by atoms with E-state index in [-0.39, 0.29) is 11.9 Å². The van der Waals surface area contributed by atoms with Crippen molar-refractivity contribution in [1.29, 1.82) is 0 Å². The molecule has 2 heterocycles. The van der Waals surface area contributed by atoms with Crippen LogP contribution in [0.15, 0.2) is 54.6 Å². The first kappa shape index (κ1) is 23.9. The van der Waals surface area contributed by atoms with Gasteiger partial charge in [0, 0.05) is 49.7 Å². The summed E-state index contributed by atoms with van der Waals surface area (Å²) < 4.78 is 22.6. The molecule has 34 heavy (non-hydrogen) atoms. The van der Waals surface area contributed by atoms with Crippen molar-refractivity contribution in [3.63, 3.8) is 0 Å². The normalized spacial score (nSPS) is 14.4. The van der Waals surface area contributed by atoms with Crippen molar-refractivity contribution in [1.82, 2.24) is 9.47 Å². The first-order valence-corrected chi connectivity index (χ1v) is 12.0. The molecule has 180 valence electrons. The van der Waals surface area contributed by atoms with Crippen LogP contribution in [0.25, 0.3) is 22.4 Å². The molecule has 6 heteroatoms. The predicted molar refractivity (Wildman–Crippen MR) is 136 cm³/mol. The SMILES string of the molecule is CCn1c(C)cc(-c2cc(F)cc(N3CCN(C(=O)OC(C)(C)C)CC3)c2)c1-c1ccccc1. The molecule has 1 aromatic heterocycles. The van der Waals surface area contributed by atoms with Gasteiger partial charge in [0.15, 0.2) is 0 Å². The topological polar surface area (TPSA) is 37.7 Å². The van der Waals surface area contributed by atoms with Crippen LogP contribution in [0.3, 0.4) is 0 Å². The molecule has 1 amide bonds. The number of nitrogens with zero attached hydrogens (tertiary/aromatic N) is 3. The van der Waals surface area contributed by atoms with Crippen molar-refractivity contribution in [3.05, 3.63) is 66.1 Å². The number of hydrogen-bond donors (Lipinski definition) is 0. The fourth-order valence-corrected chi connectivity index (χ4v) is 4.60. The molecule has 1 fully saturated rings. The van der Waals surface area contributed by atoms with E-state index in [9.17, 15) is 9.18 Å². The summed E-state index contributed by atoms with van der Waals surface area (Å²) in [6.07, 6.45) is -0.295. The number of carbonyl (C=O) groups excluding carboxylic acids is 1. The number of carbonyl (C=O) groups is 1. The van der Waals surface area contributed by atoms with Crippen LogP contribution in [0.2, 0.25) is 0 Å². The number of aryl methyl sites for hydroxylation is 1. The largest absolute Gasteiger partial charge is 0.444 e. The van der Waals surface area contributed by atoms with Gasteiger partial charge in [-0.25, -0.2) is 9.18 Å². The summed E-state index contributed by atoms with van der Waals surface area (Å²) in [5, 5.41) is 0. The second-order valence-corrected chi connectivity index (χ2v) is 9.81. The maximum atomic E-state index is 14.9. The van der Waals surface area contributed by atoms with Crippen molar-refractivity contribution in [2.24, 2.45) is 0 Å². The molecule has 3 aromatic rings. The molecule has 4 rings (SSSR count). The van der Waals surface area contributed by atoms with E-state index in [1.54, 1.807) is 17.0 Å². The summed E-state index contributed by atoms with van der Waals surface area (Å²) in [6, 6.07) is 17.7. The van der Waals surface area contributed by atoms with E-state index in [1.807, 2.05) is 39.0 Å². The van der Waals surface area contributed by atoms with Crippen LogP contribution in [0.5, 0.6) is 0 Å². The van der Waals surface area contributed by atoms with E-state index < -0.39 is 5.60 Å². The second-order valence-electron chi connectivity index (χ2n) is 9.81. The van der Waals surface area contributed by atoms with Gasteiger partial charge in [0.05, 0.1) is 5.69 Å². The van der Waals surface area contributed by atoms with E-state index in [4.69, 9.17) is 4.74 Å². The lowest BCUT2D eigenvalue weighted by atomic mass is 10.00. The quantitative estimate of drug-likeness (QED) is 0.453. The summed E-state index contributed by atoms with van der Waals surface area (Å²) in [5.41, 5.74) is 5.57. The number of benzene rings is 2. The molecule has 0 atom stereocenters. The Morgan fingerprint density at radius 1 is 0.971 bits per heavy atom. The maximum absolute atomic E-state index is 14.9. The standard InChI is InChI=1S/C28H34FN3O2/c1-6-32-20(2)16-25(26(32)21-10-8-7-9-11-21)22-17-23(29)19-24(18-22)30-12-14-31(15-13-30)27(33)34-28(3,4)5/h7-11,16-19H,6,12-15H2,1-5H3. The van der Waals surface area contributed by atoms with Crippen molar-refractivity contribution in [3.8, 4) is 22.4 Å². The van der Waals surface area contributed by atoms with Crippen LogP contribution in [0.1, 0.15) is 33.4 Å². The number of aromatic nitrogens is 1. The Labute approximate surface area is 201 Å². The van der Waals surface area contributed by atoms with Crippen LogP contribution in [-0.2, 0) is 11.3 Å². The molecule has 2 aromatic carbocycles. The lowest BCUT2D eigenvalue weighted by molar-refractivity contribution is 0.0240. The van der Waals surface area contributed by atoms with Gasteiger partial charge in [-0.05, 0) is 70.0 Å². The monoisotopic (exact) mass is 463 g/mol. The zero-order valence-electron chi connectivity index (χ0n) is 20.8. The van der Waals surface area contributed by atoms with Crippen LogP contribution in [0, 0.1) is 12.7 Å². The molecule has 0 bridgehead atoms. The molecule has 1 aliphatic heterocycles. The molecule has 1 saturated heterocycles. The highest BCUT2D eigenvalue weighted by molar-refractivity contribution is 5.84. The zero-order valence-corrected chi connectivity index (χ0v) is 20.8. The lowest BCUT2D eigenvalue weighted by Gasteiger charge is -2.37. The van der Waals surface area contributed by atoms with Crippen molar-refractivity contribution in [2.45, 2.75) is 46.8 Å². The Bertz CT molecular complexity index is 1160. The minimum Gasteiger partial charge on any atom is -0.444 e. The van der Waals surface area contributed by atoms with Crippen LogP contribution < -0.4 is 4.90 Å². The Morgan fingerprint density at radius 3 is 2.26 bits per heavy atom. The third-order valence-electron chi connectivity index (χ3n) is 6.16. The Kier molecular flexibility index (Phi) is 6.69. The van der Waals surface area contributed by atoms with E-state index >= 15 is 0 Å². The van der Waals surface area contributed by atoms with E-state index in [0.29, 0.717) is 26.2 Å². The Morgan fingerprint density at radius 2 is 1.65 bits per heavy atom. The predicted octanol–water partition coefficient (Wildman–Crippen LogP) is 6.35. The number of ether oxygens (including phenoxy) is 1. The van der Waals surface area contributed by atoms with Crippen molar-refractivity contribution >= 4 is 11.8 Å². The number of amides is 1. The van der Waals surface area contributed by atoms with Gasteiger partial charge >= 0.3 is 6.09 Å². The zero-order chi connectivity index (χ0) is 24.5. The Balaban J connectivity index is 1.62. The molecule has 5 nitrogen and oxygen atoms in total. The van der Waals surface area contributed by atoms with Gasteiger partial charge < -0.3 is 19.1 Å². The number of hydrogen-bond acceptors (Lipinski definition) is 3. The number of piperazine rings is 1. The van der Waals surface area contributed by atoms with Crippen LogP contribution >= 0.6 is 0 Å².